The Kier molecular flexibility index (Phi) is 27.4. The van der Waals surface area contributed by atoms with Gasteiger partial charge < -0.3 is 56.8 Å². The number of hydrogen-bond donors (Lipinski definition) is 0. The van der Waals surface area contributed by atoms with Crippen LogP contribution >= 0.6 is 51.5 Å². The molecule has 0 saturated carbocycles. The fraction of sp³-hybridized carbons (Fsp3) is 0.259. The lowest BCUT2D eigenvalue weighted by molar-refractivity contribution is 0.171. The van der Waals surface area contributed by atoms with Crippen molar-refractivity contribution in [2.24, 2.45) is 0 Å². The van der Waals surface area contributed by atoms with E-state index in [2.05, 4.69) is 24.3 Å². The Morgan fingerprint density at radius 1 is 0.242 bits per heavy atom. The van der Waals surface area contributed by atoms with Gasteiger partial charge in [0, 0.05) is 77.4 Å². The zero-order valence-electron chi connectivity index (χ0n) is 63.5. The number of rotatable bonds is 10. The molecule has 0 N–H and O–H groups in total. The Morgan fingerprint density at radius 2 is 0.467 bits per heavy atom. The second-order valence-electron chi connectivity index (χ2n) is 27.1. The molecule has 9 aliphatic heterocycles. The Bertz CT molecular complexity index is 5970. The van der Waals surface area contributed by atoms with Gasteiger partial charge in [-0.3, -0.25) is 12.9 Å². The quantitative estimate of drug-likeness (QED) is 0.0906. The van der Waals surface area contributed by atoms with Crippen LogP contribution < -0.4 is 69.8 Å². The van der Waals surface area contributed by atoms with E-state index in [0.29, 0.717) is 179 Å². The lowest BCUT2D eigenvalue weighted by atomic mass is 10.1. The van der Waals surface area contributed by atoms with E-state index in [-0.39, 0.29) is 40.8 Å². The molecule has 632 valence electrons. The summed E-state index contributed by atoms with van der Waals surface area (Å²) in [5, 5.41) is 0. The highest BCUT2D eigenvalue weighted by Gasteiger charge is 2.37. The van der Waals surface area contributed by atoms with E-state index in [0.717, 1.165) is 35.3 Å². The summed E-state index contributed by atoms with van der Waals surface area (Å²) in [5.41, 5.74) is 7.88. The molecule has 0 unspecified atom stereocenters. The molecule has 39 heteroatoms. The summed E-state index contributed by atoms with van der Waals surface area (Å²) in [6.45, 7) is 6.28. The van der Waals surface area contributed by atoms with Crippen molar-refractivity contribution in [1.29, 1.82) is 0 Å². The summed E-state index contributed by atoms with van der Waals surface area (Å²) < 4.78 is 218. The van der Waals surface area contributed by atoms with Crippen LogP contribution in [0.5, 0.6) is 69.0 Å². The third kappa shape index (κ3) is 20.3. The van der Waals surface area contributed by atoms with Gasteiger partial charge in [-0.1, -0.05) is 60.7 Å². The Balaban J connectivity index is 0.000000122. The van der Waals surface area contributed by atoms with E-state index in [1.165, 1.54) is 98.9 Å². The van der Waals surface area contributed by atoms with Crippen LogP contribution in [0.2, 0.25) is 0 Å². The number of ether oxygens (including phenoxy) is 12. The first-order chi connectivity index (χ1) is 57.5. The standard InChI is InChI=1S/C24H21NO8S2.2C16H15NO4S.C9H10.2C8H7ClO4S.Al.3ClH/c26-34(27,18-2-5-21-23(14-18)32-11-9-30-21)17-1-4-20-16(13-17)7-8-25(20)35(28,29)19-3-6-22-24(15-19)33-12-10-31-22;2*18-22(19,17-8-7-12-3-1-2-4-14(12)17)13-5-6-15-16(11-13)21-10-9-20-15;1-2-5-9-7-3-6-8(9)4-1;2*9-14(10,11)6-1-2-7-8(5-6)13-4-3-12-7;;;;/h1-6,13-15H,7-12H2;2*1-6,11H,7-10H2;1-2,4-5H,3,6-7H2;2*1-2,5H,3-4H2;;3*1H/q;;;;;;+3;;;/p-3. The van der Waals surface area contributed by atoms with Gasteiger partial charge in [0.15, 0.2) is 69.0 Å². The minimum absolute atomic E-state index is 0.0171. The topological polar surface area (TPSA) is 325 Å². The summed E-state index contributed by atoms with van der Waals surface area (Å²) in [5.74, 6) is 5.85. The van der Waals surface area contributed by atoms with Crippen molar-refractivity contribution in [3.63, 3.8) is 0 Å². The predicted octanol–water partition coefficient (Wildman–Crippen LogP) is 13.9. The molecular weight excluding hydrogens is 1800 g/mol. The number of benzene rings is 10. The van der Waals surface area contributed by atoms with Gasteiger partial charge in [0.05, 0.1) is 51.3 Å². The number of fused-ring (bicyclic) bond motifs is 10. The van der Waals surface area contributed by atoms with Crippen LogP contribution in [-0.2, 0) is 90.1 Å². The summed E-state index contributed by atoms with van der Waals surface area (Å²) in [6, 6.07) is 55.6. The Hall–Kier alpha value is -9.12. The van der Waals surface area contributed by atoms with Gasteiger partial charge >= 0.3 is 11.4 Å². The molecule has 10 aromatic rings. The monoisotopic (exact) mass is 1870 g/mol. The highest BCUT2D eigenvalue weighted by atomic mass is 35.8. The van der Waals surface area contributed by atoms with E-state index in [1.54, 1.807) is 71.8 Å². The lowest BCUT2D eigenvalue weighted by Crippen LogP contribution is -2.29. The van der Waals surface area contributed by atoms with Gasteiger partial charge in [0.2, 0.25) is 9.84 Å². The molecule has 10 aliphatic rings. The summed E-state index contributed by atoms with van der Waals surface area (Å²) in [4.78, 5) is 0.753. The fourth-order valence-electron chi connectivity index (χ4n) is 14.0. The van der Waals surface area contributed by atoms with Crippen molar-refractivity contribution in [2.45, 2.75) is 72.8 Å². The number of halogens is 5. The van der Waals surface area contributed by atoms with E-state index in [1.807, 2.05) is 48.5 Å². The minimum Gasteiger partial charge on any atom is -0.486 e. The molecule has 27 nitrogen and oxygen atoms in total. The molecule has 9 heterocycles. The van der Waals surface area contributed by atoms with Gasteiger partial charge in [-0.15, -0.1) is 0 Å². The molecule has 0 atom stereocenters. The number of nitrogens with zero attached hydrogens (tertiary/aromatic N) is 3. The smallest absolute Gasteiger partial charge is 0.486 e. The number of sulfone groups is 1. The van der Waals surface area contributed by atoms with Crippen molar-refractivity contribution < 1.29 is 107 Å². The average Bonchev–Trinajstić information content (AvgIpc) is 1.50. The fourth-order valence-corrected chi connectivity index (χ4v) is 21.4. The first kappa shape index (κ1) is 87.2. The molecule has 20 rings (SSSR count). The highest BCUT2D eigenvalue weighted by molar-refractivity contribution is 8.14. The van der Waals surface area contributed by atoms with Gasteiger partial charge in [-0.25, -0.2) is 80.7 Å². The van der Waals surface area contributed by atoms with Crippen molar-refractivity contribution in [3.05, 3.63) is 228 Å². The zero-order chi connectivity index (χ0) is 84.6. The van der Waals surface area contributed by atoms with Crippen molar-refractivity contribution in [2.75, 3.05) is 112 Å². The zero-order valence-corrected chi connectivity index (χ0v) is 73.3. The summed E-state index contributed by atoms with van der Waals surface area (Å²) in [6.07, 6.45) is 5.83. The molecule has 0 bridgehead atoms. The van der Waals surface area contributed by atoms with Gasteiger partial charge in [0.25, 0.3) is 48.2 Å². The van der Waals surface area contributed by atoms with E-state index in [4.69, 9.17) is 108 Å². The number of aryl methyl sites for hydroxylation is 2. The largest absolute Gasteiger partial charge is 0.643 e. The molecule has 0 aromatic heterocycles. The van der Waals surface area contributed by atoms with Crippen LogP contribution in [0.4, 0.5) is 17.1 Å². The molecule has 0 radical (unpaired) electrons. The van der Waals surface area contributed by atoms with E-state index in [9.17, 15) is 50.5 Å². The number of hydrogen-bond acceptors (Lipinski definition) is 24. The van der Waals surface area contributed by atoms with Crippen LogP contribution in [0.3, 0.4) is 0 Å². The number of para-hydroxylation sites is 2. The van der Waals surface area contributed by atoms with Gasteiger partial charge in [0.1, 0.15) is 79.3 Å². The maximum atomic E-state index is 13.4. The second kappa shape index (κ2) is 37.7. The maximum absolute atomic E-state index is 13.4. The number of anilines is 3. The molecule has 10 aromatic carbocycles. The van der Waals surface area contributed by atoms with Crippen molar-refractivity contribution in [3.8, 4) is 69.0 Å². The van der Waals surface area contributed by atoms with Gasteiger partial charge in [-0.2, -0.15) is 0 Å². The van der Waals surface area contributed by atoms with Crippen LogP contribution in [0.15, 0.2) is 234 Å². The average molecular weight is 1870 g/mol. The number of sulfonamides is 3. The predicted molar refractivity (Wildman–Crippen MR) is 452 cm³/mol. The maximum Gasteiger partial charge on any atom is 0.643 e. The first-order valence-electron chi connectivity index (χ1n) is 37.4. The van der Waals surface area contributed by atoms with Crippen LogP contribution in [-0.4, -0.2) is 161 Å². The molecule has 0 fully saturated rings. The molecule has 0 amide bonds. The Morgan fingerprint density at radius 3 is 0.775 bits per heavy atom. The SMILES string of the molecule is O=S(=O)(Cl)c1ccc2c(c1)OCCO2.O=S(=O)(Cl)c1ccc2c(c1)OCCO2.O=S(=O)(c1ccc2c(c1)CCN2S(=O)(=O)c1ccc2c(c1)OCCO2)c1ccc2c(c1)OCCO2.O=S(=O)(c1ccc2c(c1)OCCO2)N1CCc2ccccc21.O=S(=O)(c1ccc2c(c1)OCCO2)N1CCc2ccccc21.[Cl][Al]([Cl])[Cl].c1ccc2c(c1)CCC2. The van der Waals surface area contributed by atoms with Crippen LogP contribution in [0.1, 0.15) is 34.2 Å². The van der Waals surface area contributed by atoms with Crippen molar-refractivity contribution >= 4 is 138 Å². The minimum atomic E-state index is -3.88. The van der Waals surface area contributed by atoms with Crippen molar-refractivity contribution in [1.82, 2.24) is 0 Å². The Labute approximate surface area is 720 Å². The summed E-state index contributed by atoms with van der Waals surface area (Å²) >= 11 is -1.72. The van der Waals surface area contributed by atoms with Crippen LogP contribution in [0, 0.1) is 0 Å². The molecule has 1 aliphatic carbocycles. The normalized spacial score (nSPS) is 15.8. The lowest BCUT2D eigenvalue weighted by Gasteiger charge is -2.22. The third-order valence-electron chi connectivity index (χ3n) is 19.6. The molecule has 0 spiro atoms. The van der Waals surface area contributed by atoms with E-state index < -0.39 is 69.4 Å². The first-order valence-corrected chi connectivity index (χ1v) is 53.0. The molecule has 0 saturated heterocycles. The second-order valence-corrected chi connectivity index (χ2v) is 46.2. The molecular formula is C81H75AlCl5N3O24S6. The third-order valence-corrected chi connectivity index (χ3v) is 29.5. The highest BCUT2D eigenvalue weighted by Crippen LogP contribution is 2.44. The van der Waals surface area contributed by atoms with E-state index >= 15 is 0 Å². The van der Waals surface area contributed by atoms with Gasteiger partial charge in [-0.05, 0) is 169 Å². The molecule has 120 heavy (non-hydrogen) atoms. The summed E-state index contributed by atoms with van der Waals surface area (Å²) in [7, 11) is 2.89. The van der Waals surface area contributed by atoms with Crippen LogP contribution in [0.25, 0.3) is 0 Å².